The van der Waals surface area contributed by atoms with Gasteiger partial charge in [-0.3, -0.25) is 4.98 Å². The average Bonchev–Trinajstić information content (AvgIpc) is 2.67. The molecule has 5 nitrogen and oxygen atoms in total. The fourth-order valence-electron chi connectivity index (χ4n) is 1.62. The minimum atomic E-state index is 0.288. The van der Waals surface area contributed by atoms with Crippen LogP contribution in [0.15, 0.2) is 22.9 Å². The minimum Gasteiger partial charge on any atom is -0.388 e. The summed E-state index contributed by atoms with van der Waals surface area (Å²) in [6, 6.07) is 3.68. The van der Waals surface area contributed by atoms with Crippen LogP contribution >= 0.6 is 12.2 Å². The molecule has 0 amide bonds. The summed E-state index contributed by atoms with van der Waals surface area (Å²) in [4.78, 5) is 4.37. The van der Waals surface area contributed by atoms with Gasteiger partial charge in [-0.2, -0.15) is 0 Å². The van der Waals surface area contributed by atoms with E-state index in [0.29, 0.717) is 12.2 Å². The van der Waals surface area contributed by atoms with E-state index in [1.54, 1.807) is 6.20 Å². The van der Waals surface area contributed by atoms with Crippen LogP contribution in [0.4, 0.5) is 5.69 Å². The first kappa shape index (κ1) is 12.5. The summed E-state index contributed by atoms with van der Waals surface area (Å²) in [5, 5.41) is 7.17. The van der Waals surface area contributed by atoms with Crippen molar-refractivity contribution >= 4 is 22.9 Å². The Morgan fingerprint density at radius 3 is 2.89 bits per heavy atom. The van der Waals surface area contributed by atoms with Gasteiger partial charge in [0.15, 0.2) is 0 Å². The third-order valence-electron chi connectivity index (χ3n) is 2.66. The van der Waals surface area contributed by atoms with Crippen molar-refractivity contribution in [3.8, 4) is 0 Å². The Bertz CT molecular complexity index is 560. The van der Waals surface area contributed by atoms with Gasteiger partial charge in [-0.25, -0.2) is 0 Å². The van der Waals surface area contributed by atoms with E-state index in [-0.39, 0.29) is 4.99 Å². The molecule has 0 aliphatic heterocycles. The predicted molar refractivity (Wildman–Crippen MR) is 73.4 cm³/mol. The second kappa shape index (κ2) is 5.14. The van der Waals surface area contributed by atoms with E-state index in [1.165, 1.54) is 0 Å². The van der Waals surface area contributed by atoms with Crippen molar-refractivity contribution in [2.75, 3.05) is 5.32 Å². The van der Waals surface area contributed by atoms with Gasteiger partial charge in [0.05, 0.1) is 11.4 Å². The van der Waals surface area contributed by atoms with Crippen LogP contribution in [-0.4, -0.2) is 15.1 Å². The van der Waals surface area contributed by atoms with Crippen molar-refractivity contribution in [1.29, 1.82) is 0 Å². The second-order valence-corrected chi connectivity index (χ2v) is 4.39. The van der Waals surface area contributed by atoms with Crippen LogP contribution < -0.4 is 11.1 Å². The summed E-state index contributed by atoms with van der Waals surface area (Å²) in [5.41, 5.74) is 9.00. The Balaban J connectivity index is 2.11. The molecule has 0 fully saturated rings. The van der Waals surface area contributed by atoms with Crippen LogP contribution in [0, 0.1) is 13.8 Å². The normalized spacial score (nSPS) is 10.3. The van der Waals surface area contributed by atoms with Crippen LogP contribution in [0.3, 0.4) is 0 Å². The van der Waals surface area contributed by atoms with Crippen LogP contribution in [0.25, 0.3) is 0 Å². The van der Waals surface area contributed by atoms with Gasteiger partial charge in [0.25, 0.3) is 0 Å². The SMILES string of the molecule is Cc1noc(C)c1CNc1ccnc(C(N)=S)c1. The van der Waals surface area contributed by atoms with Crippen molar-refractivity contribution in [2.24, 2.45) is 5.73 Å². The van der Waals surface area contributed by atoms with Gasteiger partial charge in [-0.1, -0.05) is 17.4 Å². The molecule has 18 heavy (non-hydrogen) atoms. The molecule has 2 aromatic heterocycles. The molecule has 0 aromatic carbocycles. The van der Waals surface area contributed by atoms with Gasteiger partial charge < -0.3 is 15.6 Å². The minimum absolute atomic E-state index is 0.288. The molecule has 0 spiro atoms. The van der Waals surface area contributed by atoms with Crippen molar-refractivity contribution in [3.63, 3.8) is 0 Å². The number of thiocarbonyl (C=S) groups is 1. The molecular formula is C12H14N4OS. The highest BCUT2D eigenvalue weighted by atomic mass is 32.1. The largest absolute Gasteiger partial charge is 0.388 e. The van der Waals surface area contributed by atoms with Crippen LogP contribution in [0.5, 0.6) is 0 Å². The molecule has 3 N–H and O–H groups in total. The molecule has 6 heteroatoms. The van der Waals surface area contributed by atoms with Gasteiger partial charge in [0.1, 0.15) is 10.7 Å². The van der Waals surface area contributed by atoms with Gasteiger partial charge in [-0.15, -0.1) is 0 Å². The topological polar surface area (TPSA) is 77.0 Å². The maximum Gasteiger partial charge on any atom is 0.138 e. The van der Waals surface area contributed by atoms with Crippen molar-refractivity contribution in [1.82, 2.24) is 10.1 Å². The molecule has 0 saturated carbocycles. The van der Waals surface area contributed by atoms with Crippen LogP contribution in [0.1, 0.15) is 22.7 Å². The zero-order valence-electron chi connectivity index (χ0n) is 10.2. The van der Waals surface area contributed by atoms with Gasteiger partial charge in [0, 0.05) is 24.0 Å². The number of anilines is 1. The van der Waals surface area contributed by atoms with Gasteiger partial charge in [-0.05, 0) is 26.0 Å². The van der Waals surface area contributed by atoms with E-state index in [0.717, 1.165) is 22.7 Å². The molecule has 0 saturated heterocycles. The fraction of sp³-hybridized carbons (Fsp3) is 0.250. The molecule has 0 aliphatic rings. The van der Waals surface area contributed by atoms with E-state index >= 15 is 0 Å². The maximum atomic E-state index is 5.54. The maximum absolute atomic E-state index is 5.54. The highest BCUT2D eigenvalue weighted by Crippen LogP contribution is 2.15. The lowest BCUT2D eigenvalue weighted by Crippen LogP contribution is -2.12. The van der Waals surface area contributed by atoms with E-state index in [4.69, 9.17) is 22.5 Å². The standard InChI is InChI=1S/C12H14N4OS/c1-7-10(8(2)17-16-7)6-15-9-3-4-14-11(5-9)12(13)18/h3-5H,6H2,1-2H3,(H2,13,18)(H,14,15). The average molecular weight is 262 g/mol. The molecule has 2 rings (SSSR count). The van der Waals surface area contributed by atoms with E-state index in [2.05, 4.69) is 15.5 Å². The van der Waals surface area contributed by atoms with Crippen molar-refractivity contribution < 1.29 is 4.52 Å². The number of hydrogen-bond acceptors (Lipinski definition) is 5. The molecule has 0 atom stereocenters. The lowest BCUT2D eigenvalue weighted by molar-refractivity contribution is 0.392. The number of rotatable bonds is 4. The van der Waals surface area contributed by atoms with E-state index in [1.807, 2.05) is 26.0 Å². The van der Waals surface area contributed by atoms with Gasteiger partial charge >= 0.3 is 0 Å². The first-order valence-corrected chi connectivity index (χ1v) is 5.90. The molecular weight excluding hydrogens is 248 g/mol. The summed E-state index contributed by atoms with van der Waals surface area (Å²) in [6.45, 7) is 4.45. The molecule has 2 aromatic rings. The summed E-state index contributed by atoms with van der Waals surface area (Å²) < 4.78 is 5.10. The third-order valence-corrected chi connectivity index (χ3v) is 2.87. The summed E-state index contributed by atoms with van der Waals surface area (Å²) in [7, 11) is 0. The Morgan fingerprint density at radius 1 is 1.50 bits per heavy atom. The lowest BCUT2D eigenvalue weighted by Gasteiger charge is -2.07. The number of aryl methyl sites for hydroxylation is 2. The molecule has 0 unspecified atom stereocenters. The van der Waals surface area contributed by atoms with Crippen LogP contribution in [0.2, 0.25) is 0 Å². The molecule has 94 valence electrons. The number of hydrogen-bond donors (Lipinski definition) is 2. The Kier molecular flexibility index (Phi) is 3.57. The number of nitrogens with zero attached hydrogens (tertiary/aromatic N) is 2. The van der Waals surface area contributed by atoms with Crippen molar-refractivity contribution in [3.05, 3.63) is 41.0 Å². The molecule has 0 radical (unpaired) electrons. The smallest absolute Gasteiger partial charge is 0.138 e. The predicted octanol–water partition coefficient (Wildman–Crippen LogP) is 1.93. The first-order valence-electron chi connectivity index (χ1n) is 5.49. The van der Waals surface area contributed by atoms with Gasteiger partial charge in [0.2, 0.25) is 0 Å². The highest BCUT2D eigenvalue weighted by molar-refractivity contribution is 7.80. The Labute approximate surface area is 110 Å². The van der Waals surface area contributed by atoms with Crippen molar-refractivity contribution in [2.45, 2.75) is 20.4 Å². The van der Waals surface area contributed by atoms with E-state index in [9.17, 15) is 0 Å². The monoisotopic (exact) mass is 262 g/mol. The Morgan fingerprint density at radius 2 is 2.28 bits per heavy atom. The number of nitrogens with two attached hydrogens (primary N) is 1. The fourth-order valence-corrected chi connectivity index (χ4v) is 1.73. The number of nitrogens with one attached hydrogen (secondary N) is 1. The summed E-state index contributed by atoms with van der Waals surface area (Å²) >= 11 is 4.89. The summed E-state index contributed by atoms with van der Waals surface area (Å²) in [5.74, 6) is 0.823. The number of pyridine rings is 1. The summed E-state index contributed by atoms with van der Waals surface area (Å²) in [6.07, 6.45) is 1.67. The molecule has 0 bridgehead atoms. The molecule has 0 aliphatic carbocycles. The van der Waals surface area contributed by atoms with Crippen LogP contribution in [-0.2, 0) is 6.54 Å². The Hall–Kier alpha value is -1.95. The second-order valence-electron chi connectivity index (χ2n) is 3.95. The number of aromatic nitrogens is 2. The molecule has 2 heterocycles. The zero-order chi connectivity index (χ0) is 13.1. The zero-order valence-corrected chi connectivity index (χ0v) is 11.0. The third kappa shape index (κ3) is 2.65. The first-order chi connectivity index (χ1) is 8.58. The quantitative estimate of drug-likeness (QED) is 0.820. The lowest BCUT2D eigenvalue weighted by atomic mass is 10.2. The van der Waals surface area contributed by atoms with E-state index < -0.39 is 0 Å². The highest BCUT2D eigenvalue weighted by Gasteiger charge is 2.08.